The third-order valence-electron chi connectivity index (χ3n) is 3.96. The summed E-state index contributed by atoms with van der Waals surface area (Å²) in [4.78, 5) is 11.3. The predicted octanol–water partition coefficient (Wildman–Crippen LogP) is 2.77. The van der Waals surface area contributed by atoms with Crippen molar-refractivity contribution in [2.45, 2.75) is 45.7 Å². The molecule has 2 aromatic heterocycles. The molecule has 1 fully saturated rings. The molecule has 1 atom stereocenters. The minimum Gasteiger partial charge on any atom is -0.297 e. The van der Waals surface area contributed by atoms with E-state index < -0.39 is 0 Å². The summed E-state index contributed by atoms with van der Waals surface area (Å²) in [6.07, 6.45) is 5.98. The van der Waals surface area contributed by atoms with Crippen molar-refractivity contribution in [3.05, 3.63) is 28.7 Å². The summed E-state index contributed by atoms with van der Waals surface area (Å²) in [6.45, 7) is 8.69. The minimum atomic E-state index is 0.533. The quantitative estimate of drug-likeness (QED) is 0.852. The topological polar surface area (TPSA) is 46.8 Å². The zero-order chi connectivity index (χ0) is 14.7. The van der Waals surface area contributed by atoms with Crippen molar-refractivity contribution in [3.8, 4) is 0 Å². The van der Waals surface area contributed by atoms with E-state index in [0.29, 0.717) is 11.8 Å². The molecule has 0 aromatic carbocycles. The Morgan fingerprint density at radius 2 is 2.33 bits per heavy atom. The number of piperidine rings is 1. The molecular formula is C15H23N5S. The van der Waals surface area contributed by atoms with Crippen LogP contribution in [0.4, 0.5) is 0 Å². The smallest absolute Gasteiger partial charge is 0.137 e. The van der Waals surface area contributed by atoms with E-state index in [9.17, 15) is 0 Å². The summed E-state index contributed by atoms with van der Waals surface area (Å²) in [5, 5.41) is 7.69. The lowest BCUT2D eigenvalue weighted by molar-refractivity contribution is 0.152. The van der Waals surface area contributed by atoms with E-state index in [-0.39, 0.29) is 0 Å². The average molecular weight is 305 g/mol. The number of likely N-dealkylation sites (tertiary alicyclic amines) is 1. The number of nitrogens with zero attached hydrogens (tertiary/aromatic N) is 5. The Morgan fingerprint density at radius 1 is 1.43 bits per heavy atom. The van der Waals surface area contributed by atoms with Crippen molar-refractivity contribution < 1.29 is 0 Å². The van der Waals surface area contributed by atoms with Gasteiger partial charge in [0.25, 0.3) is 0 Å². The fourth-order valence-electron chi connectivity index (χ4n) is 2.93. The Hall–Kier alpha value is -1.27. The molecule has 1 aliphatic heterocycles. The lowest BCUT2D eigenvalue weighted by atomic mass is 9.98. The Morgan fingerprint density at radius 3 is 3.05 bits per heavy atom. The molecule has 0 unspecified atom stereocenters. The summed E-state index contributed by atoms with van der Waals surface area (Å²) in [5.41, 5.74) is 1.23. The van der Waals surface area contributed by atoms with E-state index in [1.54, 1.807) is 17.7 Å². The summed E-state index contributed by atoms with van der Waals surface area (Å²) in [5.74, 6) is 1.20. The summed E-state index contributed by atoms with van der Waals surface area (Å²) in [7, 11) is 0. The molecule has 3 rings (SSSR count). The monoisotopic (exact) mass is 305 g/mol. The van der Waals surface area contributed by atoms with Crippen molar-refractivity contribution in [1.82, 2.24) is 24.6 Å². The largest absolute Gasteiger partial charge is 0.297 e. The van der Waals surface area contributed by atoms with E-state index in [0.717, 1.165) is 19.6 Å². The van der Waals surface area contributed by atoms with Crippen LogP contribution in [0.2, 0.25) is 0 Å². The molecule has 0 spiro atoms. The highest BCUT2D eigenvalue weighted by Gasteiger charge is 2.21. The Kier molecular flexibility index (Phi) is 4.65. The summed E-state index contributed by atoms with van der Waals surface area (Å²) in [6, 6.07) is 0. The molecule has 0 N–H and O–H groups in total. The molecule has 114 valence electrons. The van der Waals surface area contributed by atoms with Crippen LogP contribution in [0.15, 0.2) is 18.0 Å². The maximum Gasteiger partial charge on any atom is 0.137 e. The first-order valence-electron chi connectivity index (χ1n) is 7.70. The standard InChI is InChI=1S/C15H23N5S/c1-12(2)15-18-14(9-21-15)8-19-5-3-4-13(6-19)7-20-11-16-10-17-20/h9-13H,3-8H2,1-2H3/t13-/m0/s1. The van der Waals surface area contributed by atoms with Gasteiger partial charge in [-0.1, -0.05) is 13.8 Å². The first-order valence-corrected chi connectivity index (χ1v) is 8.57. The average Bonchev–Trinajstić information content (AvgIpc) is 3.11. The van der Waals surface area contributed by atoms with Crippen LogP contribution in [-0.4, -0.2) is 37.7 Å². The van der Waals surface area contributed by atoms with Gasteiger partial charge in [0.15, 0.2) is 0 Å². The van der Waals surface area contributed by atoms with Crippen molar-refractivity contribution in [3.63, 3.8) is 0 Å². The molecule has 0 bridgehead atoms. The highest BCUT2D eigenvalue weighted by Crippen LogP contribution is 2.23. The van der Waals surface area contributed by atoms with Gasteiger partial charge in [0.05, 0.1) is 10.7 Å². The normalized spacial score (nSPS) is 20.2. The Bertz CT molecular complexity index is 548. The van der Waals surface area contributed by atoms with E-state index in [1.807, 2.05) is 11.0 Å². The van der Waals surface area contributed by atoms with E-state index >= 15 is 0 Å². The van der Waals surface area contributed by atoms with Gasteiger partial charge in [0.2, 0.25) is 0 Å². The van der Waals surface area contributed by atoms with Crippen LogP contribution in [0.1, 0.15) is 43.3 Å². The van der Waals surface area contributed by atoms with Crippen molar-refractivity contribution in [1.29, 1.82) is 0 Å². The summed E-state index contributed by atoms with van der Waals surface area (Å²) < 4.78 is 1.95. The van der Waals surface area contributed by atoms with Gasteiger partial charge < -0.3 is 0 Å². The maximum absolute atomic E-state index is 4.75. The minimum absolute atomic E-state index is 0.533. The van der Waals surface area contributed by atoms with Crippen LogP contribution < -0.4 is 0 Å². The van der Waals surface area contributed by atoms with Gasteiger partial charge in [0, 0.05) is 30.9 Å². The Balaban J connectivity index is 1.55. The zero-order valence-corrected chi connectivity index (χ0v) is 13.6. The van der Waals surface area contributed by atoms with Crippen LogP contribution in [0.25, 0.3) is 0 Å². The van der Waals surface area contributed by atoms with Crippen LogP contribution >= 0.6 is 11.3 Å². The van der Waals surface area contributed by atoms with Gasteiger partial charge in [-0.3, -0.25) is 9.58 Å². The van der Waals surface area contributed by atoms with Gasteiger partial charge in [-0.05, 0) is 25.3 Å². The van der Waals surface area contributed by atoms with Crippen molar-refractivity contribution in [2.75, 3.05) is 13.1 Å². The number of rotatable bonds is 5. The maximum atomic E-state index is 4.75. The number of hydrogen-bond donors (Lipinski definition) is 0. The molecule has 0 radical (unpaired) electrons. The third kappa shape index (κ3) is 3.89. The molecule has 6 heteroatoms. The highest BCUT2D eigenvalue weighted by atomic mass is 32.1. The highest BCUT2D eigenvalue weighted by molar-refractivity contribution is 7.09. The van der Waals surface area contributed by atoms with Gasteiger partial charge >= 0.3 is 0 Å². The second-order valence-electron chi connectivity index (χ2n) is 6.19. The van der Waals surface area contributed by atoms with E-state index in [2.05, 4.69) is 34.2 Å². The lowest BCUT2D eigenvalue weighted by Gasteiger charge is -2.32. The molecule has 1 saturated heterocycles. The van der Waals surface area contributed by atoms with E-state index in [4.69, 9.17) is 4.98 Å². The van der Waals surface area contributed by atoms with Crippen LogP contribution in [0.3, 0.4) is 0 Å². The first-order chi connectivity index (χ1) is 10.2. The van der Waals surface area contributed by atoms with E-state index in [1.165, 1.54) is 30.1 Å². The van der Waals surface area contributed by atoms with Gasteiger partial charge in [0.1, 0.15) is 12.7 Å². The second kappa shape index (κ2) is 6.66. The molecule has 1 aliphatic rings. The molecule has 21 heavy (non-hydrogen) atoms. The molecule has 0 aliphatic carbocycles. The van der Waals surface area contributed by atoms with Crippen molar-refractivity contribution >= 4 is 11.3 Å². The molecular weight excluding hydrogens is 282 g/mol. The van der Waals surface area contributed by atoms with Gasteiger partial charge in [-0.2, -0.15) is 5.10 Å². The SMILES string of the molecule is CC(C)c1nc(CN2CCC[C@H](Cn3cncn3)C2)cs1. The first kappa shape index (κ1) is 14.7. The third-order valence-corrected chi connectivity index (χ3v) is 5.16. The second-order valence-corrected chi connectivity index (χ2v) is 7.08. The van der Waals surface area contributed by atoms with Gasteiger partial charge in [-0.15, -0.1) is 11.3 Å². The number of thiazole rings is 1. The fraction of sp³-hybridized carbons (Fsp3) is 0.667. The predicted molar refractivity (Wildman–Crippen MR) is 84.2 cm³/mol. The van der Waals surface area contributed by atoms with Crippen LogP contribution in [-0.2, 0) is 13.1 Å². The Labute approximate surface area is 130 Å². The zero-order valence-electron chi connectivity index (χ0n) is 12.8. The molecule has 2 aromatic rings. The number of hydrogen-bond acceptors (Lipinski definition) is 5. The fourth-order valence-corrected chi connectivity index (χ4v) is 3.75. The van der Waals surface area contributed by atoms with Gasteiger partial charge in [-0.25, -0.2) is 9.97 Å². The molecule has 0 saturated carbocycles. The lowest BCUT2D eigenvalue weighted by Crippen LogP contribution is -2.36. The number of aromatic nitrogens is 4. The molecule has 5 nitrogen and oxygen atoms in total. The molecule has 0 amide bonds. The van der Waals surface area contributed by atoms with Crippen LogP contribution in [0.5, 0.6) is 0 Å². The van der Waals surface area contributed by atoms with Crippen molar-refractivity contribution in [2.24, 2.45) is 5.92 Å². The summed E-state index contributed by atoms with van der Waals surface area (Å²) >= 11 is 1.79. The molecule has 3 heterocycles. The van der Waals surface area contributed by atoms with Crippen LogP contribution in [0, 0.1) is 5.92 Å².